The van der Waals surface area contributed by atoms with Crippen LogP contribution in [-0.4, -0.2) is 56.0 Å². The van der Waals surface area contributed by atoms with Gasteiger partial charge in [0.2, 0.25) is 0 Å². The first-order valence-corrected chi connectivity index (χ1v) is 12.6. The molecule has 2 atom stereocenters. The van der Waals surface area contributed by atoms with Gasteiger partial charge in [0.1, 0.15) is 29.9 Å². The summed E-state index contributed by atoms with van der Waals surface area (Å²) in [4.78, 5) is 18.2. The number of amides is 1. The molecule has 11 heteroatoms. The molecule has 3 aromatic rings. The van der Waals surface area contributed by atoms with Gasteiger partial charge >= 0.3 is 0 Å². The number of aliphatic hydroxyl groups is 1. The summed E-state index contributed by atoms with van der Waals surface area (Å²) in [5.41, 5.74) is 2.60. The number of hydrogen-bond acceptors (Lipinski definition) is 6. The third-order valence-electron chi connectivity index (χ3n) is 6.54. The average Bonchev–Trinajstić information content (AvgIpc) is 3.38. The number of rotatable bonds is 8. The number of nitrogens with zero attached hydrogens (tertiary/aromatic N) is 5. The number of piperidine rings is 1. The molecule has 2 aromatic carbocycles. The van der Waals surface area contributed by atoms with E-state index in [-0.39, 0.29) is 18.0 Å². The molecule has 0 spiro atoms. The molecule has 8 nitrogen and oxygen atoms in total. The Hall–Kier alpha value is -3.28. The average molecular weight is 573 g/mol. The molecule has 0 unspecified atom stereocenters. The lowest BCUT2D eigenvalue weighted by Gasteiger charge is -2.43. The zero-order valence-corrected chi connectivity index (χ0v) is 21.8. The van der Waals surface area contributed by atoms with E-state index in [1.807, 2.05) is 29.2 Å². The lowest BCUT2D eigenvalue weighted by molar-refractivity contribution is -0.116. The van der Waals surface area contributed by atoms with E-state index in [1.165, 1.54) is 23.4 Å². The van der Waals surface area contributed by atoms with Crippen LogP contribution in [0.25, 0.3) is 0 Å². The molecule has 1 aromatic heterocycles. The first kappa shape index (κ1) is 26.8. The fraction of sp³-hybridized carbons (Fsp3) is 0.308. The molecule has 1 fully saturated rings. The monoisotopic (exact) mass is 572 g/mol. The summed E-state index contributed by atoms with van der Waals surface area (Å²) in [5.74, 6) is -1.86. The number of halogens is 3. The SMILES string of the molecule is C[C@@H](N1CCC(=CC(=O)NN=Cc2ccc(Br)cc2)CC1)[C@](O)(Cn1cncn1)c1ccc(F)cc1F. The van der Waals surface area contributed by atoms with Crippen molar-refractivity contribution >= 4 is 28.1 Å². The van der Waals surface area contributed by atoms with E-state index in [0.29, 0.717) is 25.9 Å². The van der Waals surface area contributed by atoms with E-state index >= 15 is 0 Å². The Balaban J connectivity index is 1.41. The Labute approximate surface area is 221 Å². The molecule has 0 bridgehead atoms. The van der Waals surface area contributed by atoms with Crippen molar-refractivity contribution in [1.29, 1.82) is 0 Å². The van der Waals surface area contributed by atoms with Crippen LogP contribution in [-0.2, 0) is 16.9 Å². The van der Waals surface area contributed by atoms with Crippen LogP contribution in [0.4, 0.5) is 8.78 Å². The van der Waals surface area contributed by atoms with Gasteiger partial charge in [-0.05, 0) is 43.5 Å². The Bertz CT molecular complexity index is 1270. The van der Waals surface area contributed by atoms with Gasteiger partial charge in [0.25, 0.3) is 5.91 Å². The summed E-state index contributed by atoms with van der Waals surface area (Å²) in [6, 6.07) is 10.1. The number of hydrogen-bond donors (Lipinski definition) is 2. The van der Waals surface area contributed by atoms with Crippen molar-refractivity contribution in [2.75, 3.05) is 13.1 Å². The van der Waals surface area contributed by atoms with Crippen molar-refractivity contribution in [1.82, 2.24) is 25.1 Å². The van der Waals surface area contributed by atoms with E-state index in [2.05, 4.69) is 36.5 Å². The largest absolute Gasteiger partial charge is 0.381 e. The van der Waals surface area contributed by atoms with Crippen molar-refractivity contribution in [2.24, 2.45) is 5.10 Å². The molecule has 37 heavy (non-hydrogen) atoms. The smallest absolute Gasteiger partial charge is 0.264 e. The quantitative estimate of drug-likeness (QED) is 0.243. The third-order valence-corrected chi connectivity index (χ3v) is 7.07. The van der Waals surface area contributed by atoms with Gasteiger partial charge in [0, 0.05) is 41.3 Å². The lowest BCUT2D eigenvalue weighted by atomic mass is 9.84. The molecule has 0 saturated carbocycles. The highest BCUT2D eigenvalue weighted by Crippen LogP contribution is 2.34. The minimum atomic E-state index is -1.70. The van der Waals surface area contributed by atoms with Crippen LogP contribution in [0.15, 0.2) is 76.3 Å². The van der Waals surface area contributed by atoms with E-state index in [9.17, 15) is 18.7 Å². The van der Waals surface area contributed by atoms with Crippen molar-refractivity contribution in [2.45, 2.75) is 38.0 Å². The summed E-state index contributed by atoms with van der Waals surface area (Å²) in [6.07, 6.45) is 7.07. The summed E-state index contributed by atoms with van der Waals surface area (Å²) in [7, 11) is 0. The second-order valence-electron chi connectivity index (χ2n) is 8.94. The summed E-state index contributed by atoms with van der Waals surface area (Å²) in [5, 5.41) is 19.8. The van der Waals surface area contributed by atoms with Gasteiger partial charge < -0.3 is 5.11 Å². The molecule has 0 radical (unpaired) electrons. The predicted molar refractivity (Wildman–Crippen MR) is 139 cm³/mol. The molecular weight excluding hydrogens is 546 g/mol. The maximum Gasteiger partial charge on any atom is 0.264 e. The molecule has 0 aliphatic carbocycles. The highest BCUT2D eigenvalue weighted by molar-refractivity contribution is 9.10. The van der Waals surface area contributed by atoms with Gasteiger partial charge in [-0.25, -0.2) is 23.9 Å². The minimum Gasteiger partial charge on any atom is -0.381 e. The molecule has 194 valence electrons. The standard InChI is InChI=1S/C26H27BrF2N6O2/c1-18(26(37,15-35-17-30-16-32-35)23-7-6-22(28)13-24(23)29)34-10-8-19(9-11-34)12-25(36)33-31-14-20-2-4-21(27)5-3-20/h2-7,12-14,16-18,37H,8-11,15H2,1H3,(H,33,36)/t18-,26-/m1/s1. The Morgan fingerprint density at radius 1 is 1.24 bits per heavy atom. The van der Waals surface area contributed by atoms with E-state index in [0.717, 1.165) is 27.7 Å². The number of likely N-dealkylation sites (tertiary alicyclic amines) is 1. The number of nitrogens with one attached hydrogen (secondary N) is 1. The van der Waals surface area contributed by atoms with Crippen LogP contribution in [0.3, 0.4) is 0 Å². The first-order chi connectivity index (χ1) is 17.7. The number of carbonyl (C=O) groups is 1. The normalized spacial score (nSPS) is 16.9. The molecular formula is C26H27BrF2N6O2. The molecule has 1 aliphatic rings. The number of carbonyl (C=O) groups excluding carboxylic acids is 1. The predicted octanol–water partition coefficient (Wildman–Crippen LogP) is 3.77. The van der Waals surface area contributed by atoms with Crippen LogP contribution in [0, 0.1) is 11.6 Å². The van der Waals surface area contributed by atoms with E-state index < -0.39 is 23.3 Å². The van der Waals surface area contributed by atoms with Gasteiger partial charge in [-0.1, -0.05) is 39.7 Å². The summed E-state index contributed by atoms with van der Waals surface area (Å²) in [6.45, 7) is 2.84. The van der Waals surface area contributed by atoms with Gasteiger partial charge in [-0.3, -0.25) is 9.69 Å². The Kier molecular flexibility index (Phi) is 8.57. The molecule has 1 saturated heterocycles. The highest BCUT2D eigenvalue weighted by atomic mass is 79.9. The van der Waals surface area contributed by atoms with Gasteiger partial charge in [0.15, 0.2) is 0 Å². The number of hydrazone groups is 1. The molecule has 2 N–H and O–H groups in total. The lowest BCUT2D eigenvalue weighted by Crippen LogP contribution is -2.53. The van der Waals surface area contributed by atoms with Gasteiger partial charge in [0.05, 0.1) is 12.8 Å². The van der Waals surface area contributed by atoms with Crippen molar-refractivity contribution in [3.63, 3.8) is 0 Å². The van der Waals surface area contributed by atoms with Gasteiger partial charge in [-0.2, -0.15) is 10.2 Å². The van der Waals surface area contributed by atoms with Crippen LogP contribution >= 0.6 is 15.9 Å². The van der Waals surface area contributed by atoms with Gasteiger partial charge in [-0.15, -0.1) is 0 Å². The van der Waals surface area contributed by atoms with Crippen molar-refractivity contribution in [3.8, 4) is 0 Å². The summed E-state index contributed by atoms with van der Waals surface area (Å²) >= 11 is 3.37. The number of benzene rings is 2. The van der Waals surface area contributed by atoms with Crippen LogP contribution in [0.1, 0.15) is 30.9 Å². The fourth-order valence-corrected chi connectivity index (χ4v) is 4.69. The van der Waals surface area contributed by atoms with Crippen molar-refractivity contribution in [3.05, 3.63) is 94.0 Å². The van der Waals surface area contributed by atoms with Crippen molar-refractivity contribution < 1.29 is 18.7 Å². The number of aromatic nitrogens is 3. The molecule has 1 amide bonds. The second kappa shape index (κ2) is 11.8. The maximum atomic E-state index is 14.8. The second-order valence-corrected chi connectivity index (χ2v) is 9.86. The zero-order chi connectivity index (χ0) is 26.4. The zero-order valence-electron chi connectivity index (χ0n) is 20.2. The Morgan fingerprint density at radius 3 is 2.62 bits per heavy atom. The van der Waals surface area contributed by atoms with E-state index in [4.69, 9.17) is 0 Å². The van der Waals surface area contributed by atoms with E-state index in [1.54, 1.807) is 19.2 Å². The van der Waals surface area contributed by atoms with Crippen LogP contribution in [0.2, 0.25) is 0 Å². The third kappa shape index (κ3) is 6.73. The van der Waals surface area contributed by atoms with Crippen LogP contribution in [0.5, 0.6) is 0 Å². The highest BCUT2D eigenvalue weighted by Gasteiger charge is 2.42. The topological polar surface area (TPSA) is 95.6 Å². The maximum absolute atomic E-state index is 14.8. The first-order valence-electron chi connectivity index (χ1n) is 11.8. The fourth-order valence-electron chi connectivity index (χ4n) is 4.43. The Morgan fingerprint density at radius 2 is 1.97 bits per heavy atom. The summed E-state index contributed by atoms with van der Waals surface area (Å²) < 4.78 is 30.8. The van der Waals surface area contributed by atoms with Crippen LogP contribution < -0.4 is 5.43 Å². The molecule has 2 heterocycles. The molecule has 4 rings (SSSR count). The molecule has 1 aliphatic heterocycles. The minimum absolute atomic E-state index is 0.0127.